The molecule has 0 amide bonds. The van der Waals surface area contributed by atoms with Gasteiger partial charge in [0.05, 0.1) is 0 Å². The van der Waals surface area contributed by atoms with Gasteiger partial charge in [-0.15, -0.1) is 0 Å². The third-order valence-electron chi connectivity index (χ3n) is 2.06. The zero-order valence-electron chi connectivity index (χ0n) is 5.46. The van der Waals surface area contributed by atoms with Crippen molar-refractivity contribution >= 4 is 6.21 Å². The molecule has 1 saturated heterocycles. The molecule has 2 rings (SSSR count). The lowest BCUT2D eigenvalue weighted by molar-refractivity contribution is 0.712. The van der Waals surface area contributed by atoms with E-state index in [0.29, 0.717) is 12.0 Å². The summed E-state index contributed by atoms with van der Waals surface area (Å²) in [5.41, 5.74) is 1.45. The van der Waals surface area contributed by atoms with E-state index in [1.807, 2.05) is 12.4 Å². The second-order valence-electron chi connectivity index (χ2n) is 2.66. The monoisotopic (exact) mass is 122 g/mol. The predicted octanol–water partition coefficient (Wildman–Crippen LogP) is 0.563. The van der Waals surface area contributed by atoms with Crippen LogP contribution in [-0.4, -0.2) is 18.8 Å². The van der Waals surface area contributed by atoms with Crippen molar-refractivity contribution in [2.45, 2.75) is 13.0 Å². The van der Waals surface area contributed by atoms with Crippen LogP contribution in [0.4, 0.5) is 0 Å². The normalized spacial score (nSPS) is 39.0. The maximum absolute atomic E-state index is 4.09. The van der Waals surface area contributed by atoms with Crippen molar-refractivity contribution < 1.29 is 0 Å². The van der Waals surface area contributed by atoms with Gasteiger partial charge in [-0.3, -0.25) is 4.99 Å². The Morgan fingerprint density at radius 1 is 1.78 bits per heavy atom. The van der Waals surface area contributed by atoms with E-state index in [-0.39, 0.29) is 0 Å². The lowest BCUT2D eigenvalue weighted by Gasteiger charge is -2.01. The standard InChI is InChI=1S/C7H10N2/c1-5-7-4-8-2-6(7)3-9-5/h2,4-6,9H,3H2,1H3. The summed E-state index contributed by atoms with van der Waals surface area (Å²) in [5.74, 6) is 0.611. The summed E-state index contributed by atoms with van der Waals surface area (Å²) >= 11 is 0. The molecule has 0 aromatic rings. The van der Waals surface area contributed by atoms with Gasteiger partial charge in [0.15, 0.2) is 0 Å². The molecule has 0 saturated carbocycles. The van der Waals surface area contributed by atoms with E-state index in [1.54, 1.807) is 0 Å². The smallest absolute Gasteiger partial charge is 0.0311 e. The molecule has 2 heterocycles. The SMILES string of the molecule is CC1NCC2C=NC=C21. The van der Waals surface area contributed by atoms with Crippen LogP contribution in [0.3, 0.4) is 0 Å². The van der Waals surface area contributed by atoms with Crippen molar-refractivity contribution in [3.05, 3.63) is 11.8 Å². The minimum Gasteiger partial charge on any atom is -0.309 e. The topological polar surface area (TPSA) is 24.4 Å². The van der Waals surface area contributed by atoms with Gasteiger partial charge in [0.25, 0.3) is 0 Å². The molecular formula is C7H10N2. The average molecular weight is 122 g/mol. The minimum atomic E-state index is 0.553. The van der Waals surface area contributed by atoms with Gasteiger partial charge >= 0.3 is 0 Å². The Labute approximate surface area is 54.7 Å². The number of fused-ring (bicyclic) bond motifs is 1. The van der Waals surface area contributed by atoms with E-state index in [0.717, 1.165) is 6.54 Å². The summed E-state index contributed by atoms with van der Waals surface area (Å²) in [7, 11) is 0. The first-order valence-corrected chi connectivity index (χ1v) is 3.34. The van der Waals surface area contributed by atoms with Crippen molar-refractivity contribution in [1.82, 2.24) is 5.32 Å². The molecule has 9 heavy (non-hydrogen) atoms. The van der Waals surface area contributed by atoms with Gasteiger partial charge < -0.3 is 5.32 Å². The Kier molecular flexibility index (Phi) is 0.963. The Hall–Kier alpha value is -0.630. The van der Waals surface area contributed by atoms with Gasteiger partial charge in [-0.1, -0.05) is 0 Å². The Bertz CT molecular complexity index is 181. The number of hydrogen-bond acceptors (Lipinski definition) is 2. The number of nitrogens with one attached hydrogen (secondary N) is 1. The van der Waals surface area contributed by atoms with Crippen molar-refractivity contribution in [2.75, 3.05) is 6.54 Å². The van der Waals surface area contributed by atoms with E-state index in [2.05, 4.69) is 17.2 Å². The first-order valence-electron chi connectivity index (χ1n) is 3.34. The first kappa shape index (κ1) is 5.18. The minimum absolute atomic E-state index is 0.553. The van der Waals surface area contributed by atoms with Gasteiger partial charge in [-0.05, 0) is 12.5 Å². The van der Waals surface area contributed by atoms with Crippen LogP contribution in [0.25, 0.3) is 0 Å². The lowest BCUT2D eigenvalue weighted by Crippen LogP contribution is -2.18. The van der Waals surface area contributed by atoms with E-state index in [1.165, 1.54) is 5.57 Å². The maximum Gasteiger partial charge on any atom is 0.0311 e. The fraction of sp³-hybridized carbons (Fsp3) is 0.571. The summed E-state index contributed by atoms with van der Waals surface area (Å²) < 4.78 is 0. The highest BCUT2D eigenvalue weighted by atomic mass is 15.0. The third-order valence-corrected chi connectivity index (χ3v) is 2.06. The molecule has 0 aliphatic carbocycles. The fourth-order valence-electron chi connectivity index (χ4n) is 1.44. The molecule has 2 heteroatoms. The van der Waals surface area contributed by atoms with E-state index < -0.39 is 0 Å². The highest BCUT2D eigenvalue weighted by Crippen LogP contribution is 2.23. The molecule has 1 fully saturated rings. The van der Waals surface area contributed by atoms with Gasteiger partial charge in [-0.2, -0.15) is 0 Å². The van der Waals surface area contributed by atoms with E-state index in [4.69, 9.17) is 0 Å². The Morgan fingerprint density at radius 2 is 2.67 bits per heavy atom. The number of aliphatic imine (C=N–C) groups is 1. The molecule has 2 unspecified atom stereocenters. The van der Waals surface area contributed by atoms with Crippen LogP contribution < -0.4 is 5.32 Å². The molecular weight excluding hydrogens is 112 g/mol. The van der Waals surface area contributed by atoms with E-state index >= 15 is 0 Å². The summed E-state index contributed by atoms with van der Waals surface area (Å²) in [4.78, 5) is 4.09. The summed E-state index contributed by atoms with van der Waals surface area (Å²) in [5, 5.41) is 3.36. The zero-order chi connectivity index (χ0) is 6.27. The van der Waals surface area contributed by atoms with Crippen molar-refractivity contribution in [3.8, 4) is 0 Å². The molecule has 0 spiro atoms. The van der Waals surface area contributed by atoms with Crippen LogP contribution in [0.15, 0.2) is 16.8 Å². The van der Waals surface area contributed by atoms with Gasteiger partial charge in [0, 0.05) is 30.9 Å². The van der Waals surface area contributed by atoms with Crippen LogP contribution >= 0.6 is 0 Å². The Balaban J connectivity index is 2.28. The van der Waals surface area contributed by atoms with Gasteiger partial charge in [0.1, 0.15) is 0 Å². The molecule has 0 radical (unpaired) electrons. The van der Waals surface area contributed by atoms with E-state index in [9.17, 15) is 0 Å². The van der Waals surface area contributed by atoms with Crippen LogP contribution in [0.1, 0.15) is 6.92 Å². The average Bonchev–Trinajstić information content (AvgIpc) is 2.35. The largest absolute Gasteiger partial charge is 0.309 e. The highest BCUT2D eigenvalue weighted by molar-refractivity contribution is 5.71. The summed E-state index contributed by atoms with van der Waals surface area (Å²) in [6, 6.07) is 0.553. The number of rotatable bonds is 0. The van der Waals surface area contributed by atoms with Crippen molar-refractivity contribution in [2.24, 2.45) is 10.9 Å². The maximum atomic E-state index is 4.09. The van der Waals surface area contributed by atoms with Crippen molar-refractivity contribution in [3.63, 3.8) is 0 Å². The number of hydrogen-bond donors (Lipinski definition) is 1. The fourth-order valence-corrected chi connectivity index (χ4v) is 1.44. The molecule has 0 aromatic heterocycles. The molecule has 48 valence electrons. The van der Waals surface area contributed by atoms with Crippen molar-refractivity contribution in [1.29, 1.82) is 0 Å². The predicted molar refractivity (Wildman–Crippen MR) is 37.5 cm³/mol. The third kappa shape index (κ3) is 0.630. The first-order chi connectivity index (χ1) is 4.38. The van der Waals surface area contributed by atoms with Crippen LogP contribution in [0.5, 0.6) is 0 Å². The van der Waals surface area contributed by atoms with Gasteiger partial charge in [0.2, 0.25) is 0 Å². The van der Waals surface area contributed by atoms with Crippen LogP contribution in [0, 0.1) is 5.92 Å². The molecule has 0 bridgehead atoms. The van der Waals surface area contributed by atoms with Crippen LogP contribution in [0.2, 0.25) is 0 Å². The molecule has 2 aliphatic rings. The molecule has 2 atom stereocenters. The highest BCUT2D eigenvalue weighted by Gasteiger charge is 2.27. The summed E-state index contributed by atoms with van der Waals surface area (Å²) in [6.45, 7) is 3.26. The lowest BCUT2D eigenvalue weighted by atomic mass is 10.0. The van der Waals surface area contributed by atoms with Gasteiger partial charge in [-0.25, -0.2) is 0 Å². The second kappa shape index (κ2) is 1.67. The summed E-state index contributed by atoms with van der Waals surface area (Å²) in [6.07, 6.45) is 4.00. The quantitative estimate of drug-likeness (QED) is 0.499. The molecule has 0 aromatic carbocycles. The van der Waals surface area contributed by atoms with Crippen LogP contribution in [-0.2, 0) is 0 Å². The number of nitrogens with zero attached hydrogens (tertiary/aromatic N) is 1. The molecule has 2 nitrogen and oxygen atoms in total. The zero-order valence-corrected chi connectivity index (χ0v) is 5.46. The second-order valence-corrected chi connectivity index (χ2v) is 2.66. The Morgan fingerprint density at radius 3 is 3.44 bits per heavy atom. The molecule has 2 aliphatic heterocycles. The molecule has 1 N–H and O–H groups in total.